The van der Waals surface area contributed by atoms with Crippen molar-refractivity contribution in [2.24, 2.45) is 0 Å². The number of esters is 2. The second-order valence-corrected chi connectivity index (χ2v) is 6.31. The first-order valence-electron chi connectivity index (χ1n) is 9.06. The van der Waals surface area contributed by atoms with Crippen molar-refractivity contribution >= 4 is 11.9 Å². The van der Waals surface area contributed by atoms with Gasteiger partial charge < -0.3 is 18.6 Å². The van der Waals surface area contributed by atoms with E-state index in [4.69, 9.17) is 18.6 Å². The van der Waals surface area contributed by atoms with Gasteiger partial charge in [0.1, 0.15) is 23.0 Å². The van der Waals surface area contributed by atoms with Crippen LogP contribution in [0.25, 0.3) is 22.6 Å². The predicted molar refractivity (Wildman–Crippen MR) is 112 cm³/mol. The van der Waals surface area contributed by atoms with Crippen molar-refractivity contribution in [3.63, 3.8) is 0 Å². The SMILES string of the molecule is C=CC(=O)Oc1ccc(-c2ccc(-c3ccc(OCOC(=O)C(=C)C)cc3)o2)cc1. The highest BCUT2D eigenvalue weighted by atomic mass is 16.7. The lowest BCUT2D eigenvalue weighted by Crippen LogP contribution is -2.10. The van der Waals surface area contributed by atoms with Crippen LogP contribution >= 0.6 is 0 Å². The topological polar surface area (TPSA) is 75.0 Å². The molecular formula is C24H20O6. The van der Waals surface area contributed by atoms with E-state index in [1.165, 1.54) is 0 Å². The van der Waals surface area contributed by atoms with Crippen LogP contribution in [0.15, 0.2) is 89.9 Å². The average Bonchev–Trinajstić information content (AvgIpc) is 3.24. The van der Waals surface area contributed by atoms with E-state index in [0.717, 1.165) is 17.2 Å². The maximum Gasteiger partial charge on any atom is 0.335 e. The monoisotopic (exact) mass is 404 g/mol. The lowest BCUT2D eigenvalue weighted by molar-refractivity contribution is -0.145. The molecule has 0 bridgehead atoms. The molecule has 6 nitrogen and oxygen atoms in total. The Morgan fingerprint density at radius 1 is 0.900 bits per heavy atom. The number of benzene rings is 2. The van der Waals surface area contributed by atoms with E-state index in [0.29, 0.717) is 28.6 Å². The third kappa shape index (κ3) is 5.26. The molecule has 6 heteroatoms. The van der Waals surface area contributed by atoms with Crippen LogP contribution in [-0.4, -0.2) is 18.7 Å². The summed E-state index contributed by atoms with van der Waals surface area (Å²) in [4.78, 5) is 22.6. The summed E-state index contributed by atoms with van der Waals surface area (Å²) in [6.45, 7) is 8.26. The Bertz CT molecular complexity index is 1060. The van der Waals surface area contributed by atoms with E-state index in [9.17, 15) is 9.59 Å². The zero-order valence-electron chi connectivity index (χ0n) is 16.4. The maximum absolute atomic E-state index is 11.3. The summed E-state index contributed by atoms with van der Waals surface area (Å²) in [6.07, 6.45) is 1.11. The molecule has 3 rings (SSSR count). The molecule has 1 heterocycles. The van der Waals surface area contributed by atoms with Crippen LogP contribution in [0.2, 0.25) is 0 Å². The average molecular weight is 404 g/mol. The van der Waals surface area contributed by atoms with Crippen LogP contribution < -0.4 is 9.47 Å². The first-order valence-corrected chi connectivity index (χ1v) is 9.06. The highest BCUT2D eigenvalue weighted by Gasteiger charge is 2.09. The maximum atomic E-state index is 11.3. The molecule has 2 aromatic carbocycles. The van der Waals surface area contributed by atoms with Gasteiger partial charge in [-0.25, -0.2) is 9.59 Å². The molecule has 0 saturated heterocycles. The number of furan rings is 1. The Morgan fingerprint density at radius 3 is 1.93 bits per heavy atom. The van der Waals surface area contributed by atoms with Crippen LogP contribution in [0.5, 0.6) is 11.5 Å². The summed E-state index contributed by atoms with van der Waals surface area (Å²) in [5, 5.41) is 0. The van der Waals surface area contributed by atoms with Crippen molar-refractivity contribution in [2.75, 3.05) is 6.79 Å². The number of hydrogen-bond donors (Lipinski definition) is 0. The minimum absolute atomic E-state index is 0.186. The standard InChI is InChI=1S/C24H20O6/c1-4-23(25)29-20-11-7-18(8-12-20)22-14-13-21(30-22)17-5-9-19(10-6-17)27-15-28-24(26)16(2)3/h4-14H,1-2,15H2,3H3. The molecule has 0 aliphatic carbocycles. The van der Waals surface area contributed by atoms with Gasteiger partial charge in [-0.05, 0) is 67.6 Å². The Morgan fingerprint density at radius 2 is 1.43 bits per heavy atom. The van der Waals surface area contributed by atoms with Crippen molar-refractivity contribution in [3.8, 4) is 34.1 Å². The van der Waals surface area contributed by atoms with E-state index in [1.807, 2.05) is 24.3 Å². The number of carbonyl (C=O) groups is 2. The summed E-state index contributed by atoms with van der Waals surface area (Å²) < 4.78 is 21.3. The second kappa shape index (κ2) is 9.43. The first kappa shape index (κ1) is 20.7. The quantitative estimate of drug-likeness (QED) is 0.223. The van der Waals surface area contributed by atoms with Gasteiger partial charge in [-0.15, -0.1) is 0 Å². The highest BCUT2D eigenvalue weighted by Crippen LogP contribution is 2.30. The third-order valence-corrected chi connectivity index (χ3v) is 4.03. The van der Waals surface area contributed by atoms with Gasteiger partial charge in [0.05, 0.1) is 0 Å². The molecule has 152 valence electrons. The Balaban J connectivity index is 1.63. The lowest BCUT2D eigenvalue weighted by Gasteiger charge is -2.07. The van der Waals surface area contributed by atoms with Gasteiger partial charge >= 0.3 is 11.9 Å². The molecule has 0 unspecified atom stereocenters. The van der Waals surface area contributed by atoms with Crippen molar-refractivity contribution in [3.05, 3.63) is 85.5 Å². The summed E-state index contributed by atoms with van der Waals surface area (Å²) in [5.41, 5.74) is 2.03. The Kier molecular flexibility index (Phi) is 6.49. The third-order valence-electron chi connectivity index (χ3n) is 4.03. The Hall–Kier alpha value is -4.06. The molecule has 0 spiro atoms. The van der Waals surface area contributed by atoms with Gasteiger partial charge in [0.2, 0.25) is 6.79 Å². The van der Waals surface area contributed by atoms with Crippen LogP contribution in [0, 0.1) is 0 Å². The van der Waals surface area contributed by atoms with Gasteiger partial charge in [-0.3, -0.25) is 0 Å². The summed E-state index contributed by atoms with van der Waals surface area (Å²) in [6, 6.07) is 17.9. The second-order valence-electron chi connectivity index (χ2n) is 6.31. The molecule has 0 aliphatic rings. The summed E-state index contributed by atoms with van der Waals surface area (Å²) in [7, 11) is 0. The van der Waals surface area contributed by atoms with Gasteiger partial charge in [0.25, 0.3) is 0 Å². The van der Waals surface area contributed by atoms with Gasteiger partial charge in [0, 0.05) is 22.8 Å². The molecule has 0 fully saturated rings. The van der Waals surface area contributed by atoms with Gasteiger partial charge in [-0.1, -0.05) is 13.2 Å². The minimum atomic E-state index is -0.510. The molecule has 0 aliphatic heterocycles. The predicted octanol–water partition coefficient (Wildman–Crippen LogP) is 5.16. The Labute approximate surface area is 174 Å². The van der Waals surface area contributed by atoms with E-state index in [2.05, 4.69) is 13.2 Å². The molecule has 0 N–H and O–H groups in total. The number of ether oxygens (including phenoxy) is 3. The van der Waals surface area contributed by atoms with E-state index < -0.39 is 11.9 Å². The molecular weight excluding hydrogens is 384 g/mol. The van der Waals surface area contributed by atoms with Crippen molar-refractivity contribution in [2.45, 2.75) is 6.92 Å². The van der Waals surface area contributed by atoms with E-state index in [-0.39, 0.29) is 6.79 Å². The highest BCUT2D eigenvalue weighted by molar-refractivity contribution is 5.86. The molecule has 0 saturated carbocycles. The minimum Gasteiger partial charge on any atom is -0.457 e. The fourth-order valence-corrected chi connectivity index (χ4v) is 2.48. The van der Waals surface area contributed by atoms with Gasteiger partial charge in [-0.2, -0.15) is 0 Å². The smallest absolute Gasteiger partial charge is 0.335 e. The lowest BCUT2D eigenvalue weighted by atomic mass is 10.1. The number of rotatable bonds is 8. The molecule has 0 atom stereocenters. The number of carbonyl (C=O) groups excluding carboxylic acids is 2. The van der Waals surface area contributed by atoms with Crippen molar-refractivity contribution < 1.29 is 28.2 Å². The molecule has 3 aromatic rings. The van der Waals surface area contributed by atoms with Crippen LogP contribution in [-0.2, 0) is 14.3 Å². The van der Waals surface area contributed by atoms with Crippen LogP contribution in [0.4, 0.5) is 0 Å². The van der Waals surface area contributed by atoms with E-state index in [1.54, 1.807) is 43.3 Å². The van der Waals surface area contributed by atoms with Crippen LogP contribution in [0.3, 0.4) is 0 Å². The fraction of sp³-hybridized carbons (Fsp3) is 0.0833. The van der Waals surface area contributed by atoms with Crippen molar-refractivity contribution in [1.82, 2.24) is 0 Å². The van der Waals surface area contributed by atoms with Crippen LogP contribution in [0.1, 0.15) is 6.92 Å². The largest absolute Gasteiger partial charge is 0.457 e. The summed E-state index contributed by atoms with van der Waals surface area (Å²) in [5.74, 6) is 1.35. The molecule has 0 amide bonds. The van der Waals surface area contributed by atoms with E-state index >= 15 is 0 Å². The number of hydrogen-bond acceptors (Lipinski definition) is 6. The normalized spacial score (nSPS) is 10.2. The fourth-order valence-electron chi connectivity index (χ4n) is 2.48. The molecule has 0 radical (unpaired) electrons. The zero-order valence-corrected chi connectivity index (χ0v) is 16.4. The summed E-state index contributed by atoms with van der Waals surface area (Å²) >= 11 is 0. The molecule has 1 aromatic heterocycles. The molecule has 30 heavy (non-hydrogen) atoms. The zero-order chi connectivity index (χ0) is 21.5. The van der Waals surface area contributed by atoms with Gasteiger partial charge in [0.15, 0.2) is 0 Å². The van der Waals surface area contributed by atoms with Crippen molar-refractivity contribution in [1.29, 1.82) is 0 Å². The first-order chi connectivity index (χ1) is 14.5.